The van der Waals surface area contributed by atoms with E-state index in [4.69, 9.17) is 0 Å². The third kappa shape index (κ3) is 5.08. The number of carbonyl (C=O) groups excluding carboxylic acids is 2. The highest BCUT2D eigenvalue weighted by Gasteiger charge is 2.15. The van der Waals surface area contributed by atoms with Gasteiger partial charge in [-0.05, 0) is 36.4 Å². The minimum atomic E-state index is -0.426. The number of thioether (sulfide) groups is 1. The Balaban J connectivity index is 1.65. The van der Waals surface area contributed by atoms with Crippen LogP contribution >= 0.6 is 11.8 Å². The van der Waals surface area contributed by atoms with Crippen LogP contribution in [0.3, 0.4) is 0 Å². The summed E-state index contributed by atoms with van der Waals surface area (Å²) in [6.45, 7) is 4.28. The van der Waals surface area contributed by atoms with E-state index in [1.165, 1.54) is 18.9 Å². The van der Waals surface area contributed by atoms with E-state index in [0.717, 1.165) is 5.56 Å². The standard InChI is InChI=1S/C20H19N5O3S/c1-3-11-25-18(15-5-4-10-21-12-15)23-24-20(25)29-13-17(26)22-16-8-6-14(7-9-16)19(27)28-2/h3-10,12H,1,11,13H2,2H3,(H,22,26). The summed E-state index contributed by atoms with van der Waals surface area (Å²) in [6.07, 6.45) is 5.15. The number of nitrogens with zero attached hydrogens (tertiary/aromatic N) is 4. The van der Waals surface area contributed by atoms with Gasteiger partial charge in [0.2, 0.25) is 5.91 Å². The molecule has 148 valence electrons. The molecule has 0 aliphatic carbocycles. The highest BCUT2D eigenvalue weighted by molar-refractivity contribution is 7.99. The maximum absolute atomic E-state index is 12.3. The maximum Gasteiger partial charge on any atom is 0.337 e. The molecule has 8 nitrogen and oxygen atoms in total. The van der Waals surface area contributed by atoms with Gasteiger partial charge in [0, 0.05) is 30.2 Å². The van der Waals surface area contributed by atoms with E-state index in [1.54, 1.807) is 42.7 Å². The van der Waals surface area contributed by atoms with E-state index >= 15 is 0 Å². The number of esters is 1. The van der Waals surface area contributed by atoms with Gasteiger partial charge in [0.05, 0.1) is 18.4 Å². The number of hydrogen-bond acceptors (Lipinski definition) is 7. The van der Waals surface area contributed by atoms with Gasteiger partial charge in [-0.1, -0.05) is 17.8 Å². The predicted octanol–water partition coefficient (Wildman–Crippen LogP) is 3.04. The minimum Gasteiger partial charge on any atom is -0.465 e. The molecule has 0 unspecified atom stereocenters. The topological polar surface area (TPSA) is 99.0 Å². The molecule has 0 fully saturated rings. The van der Waals surface area contributed by atoms with E-state index in [0.29, 0.717) is 28.8 Å². The highest BCUT2D eigenvalue weighted by atomic mass is 32.2. The Morgan fingerprint density at radius 1 is 1.24 bits per heavy atom. The fourth-order valence-electron chi connectivity index (χ4n) is 2.53. The zero-order valence-corrected chi connectivity index (χ0v) is 16.6. The van der Waals surface area contributed by atoms with Crippen molar-refractivity contribution in [3.63, 3.8) is 0 Å². The van der Waals surface area contributed by atoms with Crippen molar-refractivity contribution in [2.75, 3.05) is 18.2 Å². The number of pyridine rings is 1. The number of aromatic nitrogens is 4. The first kappa shape index (κ1) is 20.3. The van der Waals surface area contributed by atoms with Gasteiger partial charge < -0.3 is 10.1 Å². The first-order valence-electron chi connectivity index (χ1n) is 8.68. The van der Waals surface area contributed by atoms with Gasteiger partial charge in [-0.15, -0.1) is 16.8 Å². The Hall–Kier alpha value is -3.46. The quantitative estimate of drug-likeness (QED) is 0.347. The van der Waals surface area contributed by atoms with Crippen LogP contribution in [0, 0.1) is 0 Å². The summed E-state index contributed by atoms with van der Waals surface area (Å²) in [7, 11) is 1.32. The van der Waals surface area contributed by atoms with Crippen molar-refractivity contribution in [3.8, 4) is 11.4 Å². The Bertz CT molecular complexity index is 1000. The van der Waals surface area contributed by atoms with E-state index < -0.39 is 5.97 Å². The van der Waals surface area contributed by atoms with Crippen molar-refractivity contribution in [1.29, 1.82) is 0 Å². The number of anilines is 1. The molecule has 2 heterocycles. The molecule has 9 heteroatoms. The van der Waals surface area contributed by atoms with Gasteiger partial charge in [-0.3, -0.25) is 14.3 Å². The lowest BCUT2D eigenvalue weighted by atomic mass is 10.2. The van der Waals surface area contributed by atoms with Gasteiger partial charge in [-0.25, -0.2) is 4.79 Å². The molecule has 0 saturated carbocycles. The molecule has 1 amide bonds. The van der Waals surface area contributed by atoms with Crippen LogP contribution in [0.4, 0.5) is 5.69 Å². The average Bonchev–Trinajstić information content (AvgIpc) is 3.16. The Kier molecular flexibility index (Phi) is 6.75. The molecular formula is C20H19N5O3S. The second-order valence-electron chi connectivity index (χ2n) is 5.85. The van der Waals surface area contributed by atoms with Crippen LogP contribution < -0.4 is 5.32 Å². The lowest BCUT2D eigenvalue weighted by molar-refractivity contribution is -0.113. The van der Waals surface area contributed by atoms with Crippen molar-refractivity contribution in [1.82, 2.24) is 19.7 Å². The molecule has 0 bridgehead atoms. The molecule has 0 radical (unpaired) electrons. The van der Waals surface area contributed by atoms with Gasteiger partial charge in [0.15, 0.2) is 11.0 Å². The highest BCUT2D eigenvalue weighted by Crippen LogP contribution is 2.23. The van der Waals surface area contributed by atoms with Crippen molar-refractivity contribution in [2.24, 2.45) is 0 Å². The van der Waals surface area contributed by atoms with Crippen molar-refractivity contribution in [3.05, 3.63) is 67.0 Å². The van der Waals surface area contributed by atoms with E-state index in [9.17, 15) is 9.59 Å². The molecule has 1 aromatic carbocycles. The number of rotatable bonds is 8. The van der Waals surface area contributed by atoms with E-state index in [-0.39, 0.29) is 11.7 Å². The summed E-state index contributed by atoms with van der Waals surface area (Å²) < 4.78 is 6.54. The van der Waals surface area contributed by atoms with Gasteiger partial charge >= 0.3 is 5.97 Å². The molecule has 29 heavy (non-hydrogen) atoms. The molecule has 0 spiro atoms. The van der Waals surface area contributed by atoms with Crippen molar-refractivity contribution < 1.29 is 14.3 Å². The second-order valence-corrected chi connectivity index (χ2v) is 6.80. The van der Waals surface area contributed by atoms with Crippen LogP contribution in [-0.4, -0.2) is 44.5 Å². The fraction of sp³-hybridized carbons (Fsp3) is 0.150. The molecule has 0 atom stereocenters. The summed E-state index contributed by atoms with van der Waals surface area (Å²) in [5.74, 6) is 0.196. The van der Waals surface area contributed by atoms with Crippen LogP contribution in [0.25, 0.3) is 11.4 Å². The minimum absolute atomic E-state index is 0.154. The first-order valence-corrected chi connectivity index (χ1v) is 9.66. The lowest BCUT2D eigenvalue weighted by Gasteiger charge is -2.08. The summed E-state index contributed by atoms with van der Waals surface area (Å²) in [5.41, 5.74) is 1.84. The molecule has 0 aliphatic rings. The Morgan fingerprint density at radius 3 is 2.69 bits per heavy atom. The van der Waals surface area contributed by atoms with Gasteiger partial charge in [0.25, 0.3) is 0 Å². The summed E-state index contributed by atoms with van der Waals surface area (Å²) in [6, 6.07) is 10.2. The average molecular weight is 409 g/mol. The molecule has 1 N–H and O–H groups in total. The molecule has 0 aliphatic heterocycles. The smallest absolute Gasteiger partial charge is 0.337 e. The number of amides is 1. The predicted molar refractivity (Wildman–Crippen MR) is 111 cm³/mol. The zero-order chi connectivity index (χ0) is 20.6. The third-order valence-electron chi connectivity index (χ3n) is 3.87. The van der Waals surface area contributed by atoms with E-state index in [2.05, 4.69) is 31.8 Å². The number of allylic oxidation sites excluding steroid dienone is 1. The number of ether oxygens (including phenoxy) is 1. The summed E-state index contributed by atoms with van der Waals surface area (Å²) >= 11 is 1.28. The number of benzene rings is 1. The summed E-state index contributed by atoms with van der Waals surface area (Å²) in [5, 5.41) is 11.8. The number of nitrogens with one attached hydrogen (secondary N) is 1. The number of hydrogen-bond donors (Lipinski definition) is 1. The zero-order valence-electron chi connectivity index (χ0n) is 15.7. The van der Waals surface area contributed by atoms with Crippen LogP contribution in [0.2, 0.25) is 0 Å². The fourth-order valence-corrected chi connectivity index (χ4v) is 3.28. The third-order valence-corrected chi connectivity index (χ3v) is 4.84. The number of methoxy groups -OCH3 is 1. The monoisotopic (exact) mass is 409 g/mol. The van der Waals surface area contributed by atoms with Crippen LogP contribution in [0.5, 0.6) is 0 Å². The van der Waals surface area contributed by atoms with Crippen molar-refractivity contribution >= 4 is 29.3 Å². The van der Waals surface area contributed by atoms with Gasteiger partial charge in [0.1, 0.15) is 0 Å². The molecule has 3 rings (SSSR count). The first-order chi connectivity index (χ1) is 14.1. The normalized spacial score (nSPS) is 10.4. The van der Waals surface area contributed by atoms with Crippen LogP contribution in [0.15, 0.2) is 66.6 Å². The maximum atomic E-state index is 12.3. The Morgan fingerprint density at radius 2 is 2.03 bits per heavy atom. The Labute approximate surface area is 172 Å². The SMILES string of the molecule is C=CCn1c(SCC(=O)Nc2ccc(C(=O)OC)cc2)nnc1-c1cccnc1. The molecular weight excluding hydrogens is 390 g/mol. The van der Waals surface area contributed by atoms with Crippen LogP contribution in [0.1, 0.15) is 10.4 Å². The molecule has 0 saturated heterocycles. The van der Waals surface area contributed by atoms with Gasteiger partial charge in [-0.2, -0.15) is 0 Å². The molecule has 3 aromatic rings. The lowest BCUT2D eigenvalue weighted by Crippen LogP contribution is -2.15. The molecule has 2 aromatic heterocycles. The largest absolute Gasteiger partial charge is 0.465 e. The summed E-state index contributed by atoms with van der Waals surface area (Å²) in [4.78, 5) is 27.9. The van der Waals surface area contributed by atoms with E-state index in [1.807, 2.05) is 16.7 Å². The second kappa shape index (κ2) is 9.65. The van der Waals surface area contributed by atoms with Crippen LogP contribution in [-0.2, 0) is 16.1 Å². The van der Waals surface area contributed by atoms with Crippen molar-refractivity contribution in [2.45, 2.75) is 11.7 Å². The number of carbonyl (C=O) groups is 2.